The van der Waals surface area contributed by atoms with Crippen LogP contribution in [-0.2, 0) is 4.79 Å². The van der Waals surface area contributed by atoms with Crippen molar-refractivity contribution in [2.24, 2.45) is 5.10 Å². The first-order valence-electron chi connectivity index (χ1n) is 6.82. The molecule has 0 heterocycles. The lowest BCUT2D eigenvalue weighted by Gasteiger charge is -2.05. The van der Waals surface area contributed by atoms with Gasteiger partial charge in [-0.1, -0.05) is 36.4 Å². The summed E-state index contributed by atoms with van der Waals surface area (Å²) in [5, 5.41) is 14.6. The number of hydrogen-bond donors (Lipinski definition) is 1. The Morgan fingerprint density at radius 1 is 1.22 bits per heavy atom. The molecule has 0 unspecified atom stereocenters. The highest BCUT2D eigenvalue weighted by Gasteiger charge is 2.08. The second kappa shape index (κ2) is 7.69. The van der Waals surface area contributed by atoms with E-state index in [0.717, 1.165) is 5.56 Å². The van der Waals surface area contributed by atoms with Crippen LogP contribution in [0.4, 0.5) is 5.69 Å². The van der Waals surface area contributed by atoms with Crippen molar-refractivity contribution < 1.29 is 14.5 Å². The predicted molar refractivity (Wildman–Crippen MR) is 85.4 cm³/mol. The van der Waals surface area contributed by atoms with Gasteiger partial charge in [0, 0.05) is 6.07 Å². The smallest absolute Gasteiger partial charge is 0.277 e. The Morgan fingerprint density at radius 3 is 2.65 bits per heavy atom. The standard InChI is InChI=1S/C16H15N3O4/c1-12(13-6-3-2-4-7-13)17-18-16(20)11-23-15-9-5-8-14(10-15)19(21)22/h2-10H,11H2,1H3,(H,18,20). The summed E-state index contributed by atoms with van der Waals surface area (Å²) in [7, 11) is 0. The molecule has 23 heavy (non-hydrogen) atoms. The normalized spacial score (nSPS) is 10.9. The van der Waals surface area contributed by atoms with Crippen molar-refractivity contribution in [2.45, 2.75) is 6.92 Å². The molecule has 0 aliphatic heterocycles. The van der Waals surface area contributed by atoms with Crippen molar-refractivity contribution in [3.05, 3.63) is 70.3 Å². The van der Waals surface area contributed by atoms with Crippen molar-refractivity contribution in [3.63, 3.8) is 0 Å². The van der Waals surface area contributed by atoms with E-state index in [0.29, 0.717) is 5.71 Å². The number of benzene rings is 2. The van der Waals surface area contributed by atoms with Crippen molar-refractivity contribution in [3.8, 4) is 5.75 Å². The molecule has 2 rings (SSSR count). The molecule has 0 spiro atoms. The Balaban J connectivity index is 1.88. The zero-order valence-electron chi connectivity index (χ0n) is 12.4. The van der Waals surface area contributed by atoms with Crippen LogP contribution in [0.1, 0.15) is 12.5 Å². The van der Waals surface area contributed by atoms with Gasteiger partial charge in [-0.15, -0.1) is 0 Å². The second-order valence-electron chi connectivity index (χ2n) is 4.64. The van der Waals surface area contributed by atoms with Gasteiger partial charge < -0.3 is 4.74 Å². The molecule has 0 bridgehead atoms. The van der Waals surface area contributed by atoms with Gasteiger partial charge in [0.25, 0.3) is 11.6 Å². The van der Waals surface area contributed by atoms with Crippen LogP contribution in [0.15, 0.2) is 59.7 Å². The summed E-state index contributed by atoms with van der Waals surface area (Å²) in [6.45, 7) is 1.49. The highest BCUT2D eigenvalue weighted by molar-refractivity contribution is 5.99. The number of hydrogen-bond acceptors (Lipinski definition) is 5. The van der Waals surface area contributed by atoms with E-state index in [4.69, 9.17) is 4.74 Å². The largest absolute Gasteiger partial charge is 0.483 e. The molecule has 118 valence electrons. The lowest BCUT2D eigenvalue weighted by atomic mass is 10.1. The molecule has 0 aliphatic carbocycles. The molecule has 0 radical (unpaired) electrons. The van der Waals surface area contributed by atoms with E-state index in [1.807, 2.05) is 30.3 Å². The second-order valence-corrected chi connectivity index (χ2v) is 4.64. The minimum atomic E-state index is -0.527. The molecule has 1 amide bonds. The molecule has 0 fully saturated rings. The molecule has 0 saturated heterocycles. The fourth-order valence-electron chi connectivity index (χ4n) is 1.76. The zero-order chi connectivity index (χ0) is 16.7. The fourth-order valence-corrected chi connectivity index (χ4v) is 1.76. The van der Waals surface area contributed by atoms with Crippen LogP contribution in [0.2, 0.25) is 0 Å². The van der Waals surface area contributed by atoms with Crippen LogP contribution in [0.3, 0.4) is 0 Å². The Kier molecular flexibility index (Phi) is 5.40. The first kappa shape index (κ1) is 16.2. The topological polar surface area (TPSA) is 93.8 Å². The summed E-state index contributed by atoms with van der Waals surface area (Å²) in [6, 6.07) is 15.0. The van der Waals surface area contributed by atoms with E-state index in [1.54, 1.807) is 13.0 Å². The summed E-state index contributed by atoms with van der Waals surface area (Å²) in [5.41, 5.74) is 3.84. The molecule has 0 saturated carbocycles. The van der Waals surface area contributed by atoms with Gasteiger partial charge in [0.15, 0.2) is 6.61 Å². The molecule has 7 nitrogen and oxygen atoms in total. The number of rotatable bonds is 6. The maximum atomic E-state index is 11.7. The number of ether oxygens (including phenoxy) is 1. The molecule has 2 aromatic carbocycles. The lowest BCUT2D eigenvalue weighted by molar-refractivity contribution is -0.384. The van der Waals surface area contributed by atoms with Crippen molar-refractivity contribution in [2.75, 3.05) is 6.61 Å². The van der Waals surface area contributed by atoms with E-state index in [1.165, 1.54) is 18.2 Å². The number of non-ortho nitro benzene ring substituents is 1. The maximum Gasteiger partial charge on any atom is 0.277 e. The van der Waals surface area contributed by atoms with E-state index < -0.39 is 10.8 Å². The third kappa shape index (κ3) is 4.92. The Morgan fingerprint density at radius 2 is 1.96 bits per heavy atom. The predicted octanol–water partition coefficient (Wildman–Crippen LogP) is 2.51. The molecule has 2 aromatic rings. The van der Waals surface area contributed by atoms with Gasteiger partial charge in [0.05, 0.1) is 16.7 Å². The van der Waals surface area contributed by atoms with Crippen LogP contribution in [0.25, 0.3) is 0 Å². The van der Waals surface area contributed by atoms with Crippen molar-refractivity contribution in [1.29, 1.82) is 0 Å². The van der Waals surface area contributed by atoms with Crippen molar-refractivity contribution >= 4 is 17.3 Å². The van der Waals surface area contributed by atoms with Gasteiger partial charge in [-0.05, 0) is 18.6 Å². The van der Waals surface area contributed by atoms with E-state index >= 15 is 0 Å². The third-order valence-corrected chi connectivity index (χ3v) is 2.94. The van der Waals surface area contributed by atoms with Gasteiger partial charge in [0.1, 0.15) is 5.75 Å². The molecule has 0 aromatic heterocycles. The molecule has 0 atom stereocenters. The van der Waals surface area contributed by atoms with Crippen LogP contribution in [-0.4, -0.2) is 23.1 Å². The van der Waals surface area contributed by atoms with Crippen LogP contribution < -0.4 is 10.2 Å². The Hall–Kier alpha value is -3.22. The fraction of sp³-hybridized carbons (Fsp3) is 0.125. The third-order valence-electron chi connectivity index (χ3n) is 2.94. The zero-order valence-corrected chi connectivity index (χ0v) is 12.4. The number of amides is 1. The number of carbonyl (C=O) groups is 1. The summed E-state index contributed by atoms with van der Waals surface area (Å²) in [4.78, 5) is 21.8. The number of carbonyl (C=O) groups excluding carboxylic acids is 1. The monoisotopic (exact) mass is 313 g/mol. The van der Waals surface area contributed by atoms with Crippen LogP contribution in [0.5, 0.6) is 5.75 Å². The van der Waals surface area contributed by atoms with Crippen LogP contribution in [0, 0.1) is 10.1 Å². The number of nitrogens with zero attached hydrogens (tertiary/aromatic N) is 2. The quantitative estimate of drug-likeness (QED) is 0.503. The molecule has 7 heteroatoms. The van der Waals surface area contributed by atoms with E-state index in [-0.39, 0.29) is 18.0 Å². The number of hydrazone groups is 1. The van der Waals surface area contributed by atoms with Gasteiger partial charge in [0.2, 0.25) is 0 Å². The summed E-state index contributed by atoms with van der Waals surface area (Å²) < 4.78 is 5.21. The molecule has 0 aliphatic rings. The maximum absolute atomic E-state index is 11.7. The van der Waals surface area contributed by atoms with Gasteiger partial charge in [-0.2, -0.15) is 5.10 Å². The van der Waals surface area contributed by atoms with Gasteiger partial charge in [-0.25, -0.2) is 5.43 Å². The molecule has 1 N–H and O–H groups in total. The van der Waals surface area contributed by atoms with E-state index in [9.17, 15) is 14.9 Å². The van der Waals surface area contributed by atoms with E-state index in [2.05, 4.69) is 10.5 Å². The summed E-state index contributed by atoms with van der Waals surface area (Å²) in [6.07, 6.45) is 0. The number of nitro groups is 1. The lowest BCUT2D eigenvalue weighted by Crippen LogP contribution is -2.25. The van der Waals surface area contributed by atoms with Gasteiger partial charge in [-0.3, -0.25) is 14.9 Å². The number of nitro benzene ring substituents is 1. The first-order valence-corrected chi connectivity index (χ1v) is 6.82. The van der Waals surface area contributed by atoms with Gasteiger partial charge >= 0.3 is 0 Å². The SMILES string of the molecule is CC(=NNC(=O)COc1cccc([N+](=O)[O-])c1)c1ccccc1. The first-order chi connectivity index (χ1) is 11.1. The average Bonchev–Trinajstić information content (AvgIpc) is 2.58. The van der Waals surface area contributed by atoms with Crippen LogP contribution >= 0.6 is 0 Å². The Labute approximate surface area is 132 Å². The highest BCUT2D eigenvalue weighted by atomic mass is 16.6. The summed E-state index contributed by atoms with van der Waals surface area (Å²) in [5.74, 6) is -0.204. The average molecular weight is 313 g/mol. The molecular formula is C16H15N3O4. The Bertz CT molecular complexity index is 729. The summed E-state index contributed by atoms with van der Waals surface area (Å²) >= 11 is 0. The number of nitrogens with one attached hydrogen (secondary N) is 1. The minimum Gasteiger partial charge on any atom is -0.483 e. The molecular weight excluding hydrogens is 298 g/mol. The highest BCUT2D eigenvalue weighted by Crippen LogP contribution is 2.18. The minimum absolute atomic E-state index is 0.0964. The van der Waals surface area contributed by atoms with Crippen molar-refractivity contribution in [1.82, 2.24) is 5.43 Å².